The number of nitrogens with zero attached hydrogens (tertiary/aromatic N) is 1. The highest BCUT2D eigenvalue weighted by molar-refractivity contribution is 5.69. The van der Waals surface area contributed by atoms with Crippen molar-refractivity contribution in [2.75, 3.05) is 13.2 Å². The number of hydrogen-bond acceptors (Lipinski definition) is 3. The number of hydrogen-bond donors (Lipinski definition) is 0. The lowest BCUT2D eigenvalue weighted by molar-refractivity contribution is 0.0522. The Morgan fingerprint density at radius 1 is 1.35 bits per heavy atom. The maximum absolute atomic E-state index is 12.4. The van der Waals surface area contributed by atoms with E-state index in [2.05, 4.69) is 13.5 Å². The van der Waals surface area contributed by atoms with Crippen LogP contribution in [0.1, 0.15) is 38.7 Å². The van der Waals surface area contributed by atoms with E-state index in [4.69, 9.17) is 9.47 Å². The lowest BCUT2D eigenvalue weighted by atomic mass is 10.1. The molecule has 1 aromatic rings. The molecule has 23 heavy (non-hydrogen) atoms. The van der Waals surface area contributed by atoms with Gasteiger partial charge < -0.3 is 9.47 Å². The van der Waals surface area contributed by atoms with Crippen LogP contribution in [0.2, 0.25) is 0 Å². The lowest BCUT2D eigenvalue weighted by Gasteiger charge is -2.23. The molecule has 1 fully saturated rings. The van der Waals surface area contributed by atoms with E-state index < -0.39 is 0 Å². The fraction of sp³-hybridized carbons (Fsp3) is 0.526. The average molecular weight is 317 g/mol. The Hall–Kier alpha value is -1.81. The fourth-order valence-corrected chi connectivity index (χ4v) is 2.78. The highest BCUT2D eigenvalue weighted by atomic mass is 16.6. The summed E-state index contributed by atoms with van der Waals surface area (Å²) in [5.41, 5.74) is 1.96. The van der Waals surface area contributed by atoms with Gasteiger partial charge in [-0.2, -0.15) is 0 Å². The minimum Gasteiger partial charge on any atom is -0.445 e. The molecule has 126 valence electrons. The first-order chi connectivity index (χ1) is 11.1. The summed E-state index contributed by atoms with van der Waals surface area (Å²) < 4.78 is 11.3. The molecule has 0 aromatic heterocycles. The van der Waals surface area contributed by atoms with Crippen molar-refractivity contribution in [3.05, 3.63) is 48.0 Å². The largest absolute Gasteiger partial charge is 0.445 e. The van der Waals surface area contributed by atoms with E-state index in [0.29, 0.717) is 13.2 Å². The zero-order chi connectivity index (χ0) is 16.7. The second-order valence-corrected chi connectivity index (χ2v) is 6.14. The smallest absolute Gasteiger partial charge is 0.410 e. The van der Waals surface area contributed by atoms with Crippen LogP contribution in [0.5, 0.6) is 0 Å². The first kappa shape index (κ1) is 17.5. The number of amides is 1. The van der Waals surface area contributed by atoms with Gasteiger partial charge in [-0.15, -0.1) is 0 Å². The molecule has 2 rings (SSSR count). The Labute approximate surface area is 139 Å². The van der Waals surface area contributed by atoms with Gasteiger partial charge >= 0.3 is 6.09 Å². The fourth-order valence-electron chi connectivity index (χ4n) is 2.78. The van der Waals surface area contributed by atoms with Gasteiger partial charge in [0.2, 0.25) is 0 Å². The van der Waals surface area contributed by atoms with Crippen molar-refractivity contribution in [3.63, 3.8) is 0 Å². The predicted molar refractivity (Wildman–Crippen MR) is 91.2 cm³/mol. The van der Waals surface area contributed by atoms with Gasteiger partial charge in [-0.1, -0.05) is 55.8 Å². The Morgan fingerprint density at radius 3 is 2.74 bits per heavy atom. The number of carbonyl (C=O) groups is 1. The molecule has 1 amide bonds. The van der Waals surface area contributed by atoms with Gasteiger partial charge in [0.1, 0.15) is 6.61 Å². The molecule has 0 radical (unpaired) electrons. The summed E-state index contributed by atoms with van der Waals surface area (Å²) in [6.45, 7) is 9.73. The zero-order valence-corrected chi connectivity index (χ0v) is 14.2. The first-order valence-electron chi connectivity index (χ1n) is 8.36. The molecule has 0 spiro atoms. The van der Waals surface area contributed by atoms with Crippen molar-refractivity contribution < 1.29 is 14.3 Å². The summed E-state index contributed by atoms with van der Waals surface area (Å²) in [6.07, 6.45) is 2.75. The van der Waals surface area contributed by atoms with E-state index in [1.165, 1.54) is 0 Å². The van der Waals surface area contributed by atoms with Crippen molar-refractivity contribution in [2.45, 2.75) is 51.9 Å². The van der Waals surface area contributed by atoms with Crippen LogP contribution in [-0.2, 0) is 16.1 Å². The van der Waals surface area contributed by atoms with Crippen LogP contribution < -0.4 is 0 Å². The molecule has 1 aliphatic heterocycles. The first-order valence-corrected chi connectivity index (χ1v) is 8.36. The third-order valence-corrected chi connectivity index (χ3v) is 4.12. The maximum atomic E-state index is 12.4. The number of benzene rings is 1. The predicted octanol–water partition coefficient (Wildman–Crippen LogP) is 4.16. The van der Waals surface area contributed by atoms with Crippen LogP contribution in [0.15, 0.2) is 42.5 Å². The normalized spacial score (nSPS) is 20.5. The summed E-state index contributed by atoms with van der Waals surface area (Å²) >= 11 is 0. The molecule has 4 heteroatoms. The molecule has 1 aliphatic rings. The molecule has 0 bridgehead atoms. The summed E-state index contributed by atoms with van der Waals surface area (Å²) in [6, 6.07) is 9.72. The second kappa shape index (κ2) is 8.73. The van der Waals surface area contributed by atoms with E-state index in [1.807, 2.05) is 37.3 Å². The van der Waals surface area contributed by atoms with Crippen LogP contribution >= 0.6 is 0 Å². The molecule has 0 unspecified atom stereocenters. The van der Waals surface area contributed by atoms with E-state index in [-0.39, 0.29) is 18.2 Å². The highest BCUT2D eigenvalue weighted by Gasteiger charge is 2.37. The minimum atomic E-state index is -0.288. The number of ether oxygens (including phenoxy) is 2. The van der Waals surface area contributed by atoms with Gasteiger partial charge in [-0.05, 0) is 25.3 Å². The SMILES string of the molecule is C=C(C)[C@@H]1C[C@@H](OCCCC)CN1C(=O)OCc1ccccc1. The molecule has 2 atom stereocenters. The van der Waals surface area contributed by atoms with Crippen molar-refractivity contribution in [3.8, 4) is 0 Å². The summed E-state index contributed by atoms with van der Waals surface area (Å²) in [4.78, 5) is 14.2. The standard InChI is InChI=1S/C19H27NO3/c1-4-5-11-22-17-12-18(15(2)3)20(13-17)19(21)23-14-16-9-7-6-8-10-16/h6-10,17-18H,2,4-5,11-14H2,1,3H3/t17-,18+/m1/s1. The molecular formula is C19H27NO3. The summed E-state index contributed by atoms with van der Waals surface area (Å²) in [5, 5.41) is 0. The molecule has 0 saturated carbocycles. The van der Waals surface area contributed by atoms with Gasteiger partial charge in [0.25, 0.3) is 0 Å². The molecule has 0 N–H and O–H groups in total. The number of unbranched alkanes of at least 4 members (excludes halogenated alkanes) is 1. The number of likely N-dealkylation sites (tertiary alicyclic amines) is 1. The average Bonchev–Trinajstić information content (AvgIpc) is 2.98. The molecule has 1 aromatic carbocycles. The summed E-state index contributed by atoms with van der Waals surface area (Å²) in [7, 11) is 0. The number of rotatable bonds is 7. The molecule has 4 nitrogen and oxygen atoms in total. The van der Waals surface area contributed by atoms with E-state index in [9.17, 15) is 4.79 Å². The van der Waals surface area contributed by atoms with E-state index >= 15 is 0 Å². The Kier molecular flexibility index (Phi) is 6.66. The van der Waals surface area contributed by atoms with Crippen LogP contribution in [0.3, 0.4) is 0 Å². The topological polar surface area (TPSA) is 38.8 Å². The quantitative estimate of drug-likeness (QED) is 0.560. The third-order valence-electron chi connectivity index (χ3n) is 4.12. The second-order valence-electron chi connectivity index (χ2n) is 6.14. The third kappa shape index (κ3) is 5.10. The Balaban J connectivity index is 1.89. The molecular weight excluding hydrogens is 290 g/mol. The van der Waals surface area contributed by atoms with Crippen LogP contribution in [0, 0.1) is 0 Å². The van der Waals surface area contributed by atoms with Crippen molar-refractivity contribution >= 4 is 6.09 Å². The van der Waals surface area contributed by atoms with Crippen LogP contribution in [0.25, 0.3) is 0 Å². The van der Waals surface area contributed by atoms with Gasteiger partial charge in [-0.3, -0.25) is 4.90 Å². The monoisotopic (exact) mass is 317 g/mol. The van der Waals surface area contributed by atoms with Crippen molar-refractivity contribution in [1.29, 1.82) is 0 Å². The maximum Gasteiger partial charge on any atom is 0.410 e. The Bertz CT molecular complexity index is 515. The molecule has 1 heterocycles. The Morgan fingerprint density at radius 2 is 2.09 bits per heavy atom. The van der Waals surface area contributed by atoms with Gasteiger partial charge in [0, 0.05) is 6.61 Å². The van der Waals surface area contributed by atoms with Crippen LogP contribution in [0.4, 0.5) is 4.79 Å². The van der Waals surface area contributed by atoms with Crippen LogP contribution in [-0.4, -0.2) is 36.3 Å². The lowest BCUT2D eigenvalue weighted by Crippen LogP contribution is -2.37. The summed E-state index contributed by atoms with van der Waals surface area (Å²) in [5.74, 6) is 0. The van der Waals surface area contributed by atoms with Crippen molar-refractivity contribution in [2.24, 2.45) is 0 Å². The zero-order valence-electron chi connectivity index (χ0n) is 14.2. The molecule has 0 aliphatic carbocycles. The minimum absolute atomic E-state index is 0.00454. The number of carbonyl (C=O) groups excluding carboxylic acids is 1. The van der Waals surface area contributed by atoms with Gasteiger partial charge in [-0.25, -0.2) is 4.79 Å². The van der Waals surface area contributed by atoms with E-state index in [1.54, 1.807) is 4.90 Å². The van der Waals surface area contributed by atoms with Gasteiger partial charge in [0.15, 0.2) is 0 Å². The van der Waals surface area contributed by atoms with E-state index in [0.717, 1.165) is 37.0 Å². The van der Waals surface area contributed by atoms with Crippen molar-refractivity contribution in [1.82, 2.24) is 4.90 Å². The highest BCUT2D eigenvalue weighted by Crippen LogP contribution is 2.26. The van der Waals surface area contributed by atoms with Gasteiger partial charge in [0.05, 0.1) is 18.7 Å². The molecule has 1 saturated heterocycles.